The molecular formula is C20H20ClNO5S. The van der Waals surface area contributed by atoms with Crippen LogP contribution in [-0.4, -0.2) is 28.6 Å². The van der Waals surface area contributed by atoms with E-state index in [0.717, 1.165) is 0 Å². The van der Waals surface area contributed by atoms with Crippen molar-refractivity contribution in [2.75, 3.05) is 18.9 Å². The van der Waals surface area contributed by atoms with Crippen molar-refractivity contribution in [1.29, 1.82) is 0 Å². The first-order chi connectivity index (χ1) is 13.4. The number of ether oxygens (including phenoxy) is 2. The van der Waals surface area contributed by atoms with Gasteiger partial charge in [-0.15, -0.1) is 0 Å². The van der Waals surface area contributed by atoms with Crippen LogP contribution >= 0.6 is 11.6 Å². The summed E-state index contributed by atoms with van der Waals surface area (Å²) in [6.45, 7) is 0. The number of halogens is 1. The normalized spacial score (nSPS) is 10.5. The molecule has 0 aliphatic rings. The Morgan fingerprint density at radius 2 is 1.96 bits per heavy atom. The number of carbonyl (C=O) groups is 1. The molecule has 148 valence electrons. The smallest absolute Gasteiger partial charge is 0.305 e. The average molecular weight is 422 g/mol. The van der Waals surface area contributed by atoms with Gasteiger partial charge in [-0.25, -0.2) is 8.42 Å². The molecule has 0 aromatic heterocycles. The third kappa shape index (κ3) is 6.19. The summed E-state index contributed by atoms with van der Waals surface area (Å²) in [6, 6.07) is 10.9. The molecule has 0 amide bonds. The molecule has 0 spiro atoms. The van der Waals surface area contributed by atoms with Gasteiger partial charge in [0.15, 0.2) is 0 Å². The van der Waals surface area contributed by atoms with Crippen LogP contribution in [0.3, 0.4) is 0 Å². The number of unbranched alkanes of at least 4 members (excludes halogenated alkanes) is 1. The highest BCUT2D eigenvalue weighted by Gasteiger charge is 2.16. The zero-order valence-corrected chi connectivity index (χ0v) is 17.1. The van der Waals surface area contributed by atoms with Crippen molar-refractivity contribution in [2.45, 2.75) is 24.2 Å². The second-order valence-electron chi connectivity index (χ2n) is 5.71. The molecule has 0 aliphatic heterocycles. The van der Waals surface area contributed by atoms with Crippen molar-refractivity contribution in [1.82, 2.24) is 0 Å². The molecule has 0 radical (unpaired) electrons. The van der Waals surface area contributed by atoms with Crippen molar-refractivity contribution < 1.29 is 22.7 Å². The van der Waals surface area contributed by atoms with Gasteiger partial charge in [0.25, 0.3) is 10.0 Å². The van der Waals surface area contributed by atoms with Gasteiger partial charge in [-0.2, -0.15) is 0 Å². The minimum Gasteiger partial charge on any atom is -0.497 e. The number of hydrogen-bond acceptors (Lipinski definition) is 5. The van der Waals surface area contributed by atoms with Crippen LogP contribution in [0, 0.1) is 11.8 Å². The molecule has 6 nitrogen and oxygen atoms in total. The molecule has 0 atom stereocenters. The van der Waals surface area contributed by atoms with Gasteiger partial charge in [0.2, 0.25) is 0 Å². The molecule has 1 N–H and O–H groups in total. The molecule has 0 aliphatic carbocycles. The minimum atomic E-state index is -3.83. The number of hydrogen-bond donors (Lipinski definition) is 1. The Labute approximate surface area is 169 Å². The number of nitrogens with one attached hydrogen (secondary N) is 1. The van der Waals surface area contributed by atoms with Crippen LogP contribution in [0.2, 0.25) is 5.02 Å². The molecule has 8 heteroatoms. The second kappa shape index (κ2) is 10.0. The first-order valence-corrected chi connectivity index (χ1v) is 10.2. The van der Waals surface area contributed by atoms with Crippen molar-refractivity contribution in [2.24, 2.45) is 0 Å². The van der Waals surface area contributed by atoms with Crippen LogP contribution in [0.15, 0.2) is 47.4 Å². The van der Waals surface area contributed by atoms with E-state index in [0.29, 0.717) is 34.9 Å². The van der Waals surface area contributed by atoms with Gasteiger partial charge in [-0.1, -0.05) is 29.5 Å². The lowest BCUT2D eigenvalue weighted by atomic mass is 10.1. The van der Waals surface area contributed by atoms with E-state index >= 15 is 0 Å². The predicted molar refractivity (Wildman–Crippen MR) is 108 cm³/mol. The number of carbonyl (C=O) groups excluding carboxylic acids is 1. The zero-order chi connectivity index (χ0) is 20.6. The van der Waals surface area contributed by atoms with Crippen LogP contribution in [0.25, 0.3) is 0 Å². The Hall–Kier alpha value is -2.69. The Morgan fingerprint density at radius 1 is 1.18 bits per heavy atom. The van der Waals surface area contributed by atoms with E-state index < -0.39 is 10.0 Å². The lowest BCUT2D eigenvalue weighted by Crippen LogP contribution is -2.14. The Kier molecular flexibility index (Phi) is 7.73. The Morgan fingerprint density at radius 3 is 2.68 bits per heavy atom. The van der Waals surface area contributed by atoms with Gasteiger partial charge >= 0.3 is 5.97 Å². The fourth-order valence-corrected chi connectivity index (χ4v) is 3.55. The van der Waals surface area contributed by atoms with Crippen molar-refractivity contribution in [3.05, 3.63) is 53.1 Å². The van der Waals surface area contributed by atoms with Crippen molar-refractivity contribution in [3.63, 3.8) is 0 Å². The van der Waals surface area contributed by atoms with Gasteiger partial charge in [0.1, 0.15) is 5.75 Å². The molecule has 0 saturated carbocycles. The monoisotopic (exact) mass is 421 g/mol. The number of esters is 1. The highest BCUT2D eigenvalue weighted by molar-refractivity contribution is 7.92. The Balaban J connectivity index is 2.21. The van der Waals surface area contributed by atoms with Crippen LogP contribution in [-0.2, 0) is 19.6 Å². The van der Waals surface area contributed by atoms with Crippen LogP contribution < -0.4 is 9.46 Å². The van der Waals surface area contributed by atoms with Gasteiger partial charge in [0, 0.05) is 23.9 Å². The maximum atomic E-state index is 12.7. The number of anilines is 1. The topological polar surface area (TPSA) is 81.7 Å². The molecule has 0 heterocycles. The quantitative estimate of drug-likeness (QED) is 0.417. The molecular weight excluding hydrogens is 402 g/mol. The van der Waals surface area contributed by atoms with Gasteiger partial charge in [0.05, 0.1) is 30.4 Å². The SMILES string of the molecule is COC(=O)CCCC#Cc1cc(Cl)ccc1NS(=O)(=O)c1cccc(OC)c1. The summed E-state index contributed by atoms with van der Waals surface area (Å²) in [6.07, 6.45) is 1.28. The van der Waals surface area contributed by atoms with Gasteiger partial charge in [-0.3, -0.25) is 9.52 Å². The molecule has 2 aromatic rings. The van der Waals surface area contributed by atoms with E-state index in [1.165, 1.54) is 26.4 Å². The summed E-state index contributed by atoms with van der Waals surface area (Å²) >= 11 is 6.02. The number of sulfonamides is 1. The van der Waals surface area contributed by atoms with E-state index in [1.54, 1.807) is 30.3 Å². The van der Waals surface area contributed by atoms with E-state index in [4.69, 9.17) is 16.3 Å². The summed E-state index contributed by atoms with van der Waals surface area (Å²) in [5.41, 5.74) is 0.754. The maximum absolute atomic E-state index is 12.7. The molecule has 28 heavy (non-hydrogen) atoms. The van der Waals surface area contributed by atoms with Gasteiger partial charge in [-0.05, 0) is 36.8 Å². The summed E-state index contributed by atoms with van der Waals surface area (Å²) < 4.78 is 37.6. The number of rotatable bonds is 7. The molecule has 0 unspecified atom stereocenters. The number of benzene rings is 2. The Bertz CT molecular complexity index is 1010. The molecule has 0 saturated heterocycles. The summed E-state index contributed by atoms with van der Waals surface area (Å²) in [7, 11) is -1.03. The summed E-state index contributed by atoms with van der Waals surface area (Å²) in [5, 5.41) is 0.434. The van der Waals surface area contributed by atoms with Gasteiger partial charge < -0.3 is 9.47 Å². The lowest BCUT2D eigenvalue weighted by Gasteiger charge is -2.11. The number of methoxy groups -OCH3 is 2. The third-order valence-corrected chi connectivity index (χ3v) is 5.31. The standard InChI is InChI=1S/C20H20ClNO5S/c1-26-17-8-6-9-18(14-17)28(24,25)22-19-12-11-16(21)13-15(19)7-4-3-5-10-20(23)27-2/h6,8-9,11-14,22H,3,5,10H2,1-2H3. The van der Waals surface area contributed by atoms with E-state index in [1.807, 2.05) is 0 Å². The lowest BCUT2D eigenvalue weighted by molar-refractivity contribution is -0.140. The molecule has 2 aromatic carbocycles. The highest BCUT2D eigenvalue weighted by atomic mass is 35.5. The summed E-state index contributed by atoms with van der Waals surface area (Å²) in [4.78, 5) is 11.2. The molecule has 2 rings (SSSR count). The maximum Gasteiger partial charge on any atom is 0.305 e. The third-order valence-electron chi connectivity index (χ3n) is 3.71. The van der Waals surface area contributed by atoms with Crippen molar-refractivity contribution >= 4 is 33.3 Å². The fraction of sp³-hybridized carbons (Fsp3) is 0.250. The van der Waals surface area contributed by atoms with Crippen LogP contribution in [0.4, 0.5) is 5.69 Å². The first kappa shape index (κ1) is 21.6. The zero-order valence-electron chi connectivity index (χ0n) is 15.5. The van der Waals surface area contributed by atoms with Crippen LogP contribution in [0.5, 0.6) is 5.75 Å². The molecule has 0 fully saturated rings. The first-order valence-electron chi connectivity index (χ1n) is 8.38. The van der Waals surface area contributed by atoms with Crippen LogP contribution in [0.1, 0.15) is 24.8 Å². The summed E-state index contributed by atoms with van der Waals surface area (Å²) in [5.74, 6) is 5.97. The fourth-order valence-electron chi connectivity index (χ4n) is 2.26. The highest BCUT2D eigenvalue weighted by Crippen LogP contribution is 2.24. The van der Waals surface area contributed by atoms with E-state index in [2.05, 4.69) is 21.3 Å². The largest absolute Gasteiger partial charge is 0.497 e. The predicted octanol–water partition coefficient (Wildman–Crippen LogP) is 3.84. The second-order valence-corrected chi connectivity index (χ2v) is 7.82. The molecule has 0 bridgehead atoms. The van der Waals surface area contributed by atoms with Crippen molar-refractivity contribution in [3.8, 4) is 17.6 Å². The minimum absolute atomic E-state index is 0.0683. The van der Waals surface area contributed by atoms with E-state index in [-0.39, 0.29) is 17.3 Å². The average Bonchev–Trinajstić information content (AvgIpc) is 2.69. The van der Waals surface area contributed by atoms with E-state index in [9.17, 15) is 13.2 Å².